The van der Waals surface area contributed by atoms with Gasteiger partial charge in [0, 0.05) is 31.6 Å². The number of amides is 1. The number of aliphatic hydroxyl groups excluding tert-OH is 1. The molecule has 0 bridgehead atoms. The smallest absolute Gasteiger partial charge is 0.255 e. The van der Waals surface area contributed by atoms with E-state index in [0.717, 1.165) is 38.0 Å². The lowest BCUT2D eigenvalue weighted by Crippen LogP contribution is -2.40. The summed E-state index contributed by atoms with van der Waals surface area (Å²) in [5.41, 5.74) is 1.48. The predicted octanol–water partition coefficient (Wildman–Crippen LogP) is 1.62. The van der Waals surface area contributed by atoms with Gasteiger partial charge in [-0.2, -0.15) is 0 Å². The van der Waals surface area contributed by atoms with Crippen LogP contribution in [0.2, 0.25) is 0 Å². The van der Waals surface area contributed by atoms with E-state index in [4.69, 9.17) is 5.11 Å². The molecule has 1 N–H and O–H groups in total. The van der Waals surface area contributed by atoms with Crippen LogP contribution in [0.3, 0.4) is 0 Å². The Kier molecular flexibility index (Phi) is 4.31. The number of carbonyl (C=O) groups excluding carboxylic acids is 1. The molecule has 1 fully saturated rings. The van der Waals surface area contributed by atoms with Crippen molar-refractivity contribution in [1.29, 1.82) is 0 Å². The first-order chi connectivity index (χ1) is 8.72. The molecule has 0 aliphatic carbocycles. The standard InChI is InChI=1S/C14H20N2O2/c1-11-13(5-2-7-15-11)14(18)16-8-3-4-12(10-16)6-9-17/h2,5,7,12,17H,3-4,6,8-10H2,1H3. The molecule has 0 spiro atoms. The van der Waals surface area contributed by atoms with Crippen LogP contribution < -0.4 is 0 Å². The van der Waals surface area contributed by atoms with Crippen molar-refractivity contribution in [3.8, 4) is 0 Å². The molecule has 4 heteroatoms. The van der Waals surface area contributed by atoms with Gasteiger partial charge in [0.2, 0.25) is 0 Å². The molecular weight excluding hydrogens is 228 g/mol. The van der Waals surface area contributed by atoms with E-state index in [2.05, 4.69) is 4.98 Å². The Morgan fingerprint density at radius 1 is 1.61 bits per heavy atom. The van der Waals surface area contributed by atoms with E-state index >= 15 is 0 Å². The van der Waals surface area contributed by atoms with Gasteiger partial charge in [0.15, 0.2) is 0 Å². The van der Waals surface area contributed by atoms with Crippen LogP contribution in [0.1, 0.15) is 35.3 Å². The van der Waals surface area contributed by atoms with Gasteiger partial charge < -0.3 is 10.0 Å². The maximum absolute atomic E-state index is 12.4. The van der Waals surface area contributed by atoms with Gasteiger partial charge in [-0.25, -0.2) is 0 Å². The fourth-order valence-electron chi connectivity index (χ4n) is 2.55. The molecule has 4 nitrogen and oxygen atoms in total. The highest BCUT2D eigenvalue weighted by molar-refractivity contribution is 5.95. The zero-order chi connectivity index (χ0) is 13.0. The molecule has 2 heterocycles. The summed E-state index contributed by atoms with van der Waals surface area (Å²) < 4.78 is 0. The maximum Gasteiger partial charge on any atom is 0.255 e. The summed E-state index contributed by atoms with van der Waals surface area (Å²) in [5.74, 6) is 0.507. The van der Waals surface area contributed by atoms with Gasteiger partial charge in [-0.15, -0.1) is 0 Å². The molecule has 2 rings (SSSR count). The Morgan fingerprint density at radius 3 is 3.17 bits per heavy atom. The van der Waals surface area contributed by atoms with Crippen molar-refractivity contribution in [3.63, 3.8) is 0 Å². The number of pyridine rings is 1. The minimum atomic E-state index is 0.0724. The molecule has 1 aliphatic heterocycles. The van der Waals surface area contributed by atoms with Gasteiger partial charge in [0.25, 0.3) is 5.91 Å². The number of hydrogen-bond donors (Lipinski definition) is 1. The second kappa shape index (κ2) is 5.96. The number of carbonyl (C=O) groups is 1. The predicted molar refractivity (Wildman–Crippen MR) is 69.3 cm³/mol. The van der Waals surface area contributed by atoms with Crippen molar-refractivity contribution in [1.82, 2.24) is 9.88 Å². The largest absolute Gasteiger partial charge is 0.396 e. The van der Waals surface area contributed by atoms with Gasteiger partial charge in [-0.3, -0.25) is 9.78 Å². The second-order valence-corrected chi connectivity index (χ2v) is 4.91. The van der Waals surface area contributed by atoms with Crippen molar-refractivity contribution in [3.05, 3.63) is 29.6 Å². The van der Waals surface area contributed by atoms with Crippen LogP contribution in [0.4, 0.5) is 0 Å². The minimum absolute atomic E-state index is 0.0724. The molecule has 0 aromatic carbocycles. The number of hydrogen-bond acceptors (Lipinski definition) is 3. The molecule has 1 unspecified atom stereocenters. The van der Waals surface area contributed by atoms with Crippen LogP contribution in [-0.2, 0) is 0 Å². The fraction of sp³-hybridized carbons (Fsp3) is 0.571. The van der Waals surface area contributed by atoms with E-state index < -0.39 is 0 Å². The van der Waals surface area contributed by atoms with E-state index in [1.807, 2.05) is 17.9 Å². The van der Waals surface area contributed by atoms with Gasteiger partial charge in [-0.05, 0) is 44.2 Å². The van der Waals surface area contributed by atoms with Crippen molar-refractivity contribution >= 4 is 5.91 Å². The number of aliphatic hydroxyl groups is 1. The number of rotatable bonds is 3. The number of piperidine rings is 1. The number of likely N-dealkylation sites (tertiary alicyclic amines) is 1. The van der Waals surface area contributed by atoms with Crippen molar-refractivity contribution < 1.29 is 9.90 Å². The fourth-order valence-corrected chi connectivity index (χ4v) is 2.55. The first-order valence-electron chi connectivity index (χ1n) is 6.54. The number of nitrogens with zero attached hydrogens (tertiary/aromatic N) is 2. The summed E-state index contributed by atoms with van der Waals surface area (Å²) in [4.78, 5) is 18.5. The van der Waals surface area contributed by atoms with Crippen LogP contribution in [0, 0.1) is 12.8 Å². The van der Waals surface area contributed by atoms with Crippen LogP contribution in [-0.4, -0.2) is 40.6 Å². The molecule has 1 atom stereocenters. The molecule has 1 aromatic heterocycles. The highest BCUT2D eigenvalue weighted by atomic mass is 16.3. The third kappa shape index (κ3) is 2.88. The zero-order valence-corrected chi connectivity index (χ0v) is 10.8. The topological polar surface area (TPSA) is 53.4 Å². The Balaban J connectivity index is 2.07. The first-order valence-corrected chi connectivity index (χ1v) is 6.54. The lowest BCUT2D eigenvalue weighted by molar-refractivity contribution is 0.0652. The van der Waals surface area contributed by atoms with Crippen LogP contribution in [0.15, 0.2) is 18.3 Å². The molecule has 0 radical (unpaired) electrons. The average molecular weight is 248 g/mol. The van der Waals surface area contributed by atoms with Crippen LogP contribution in [0.5, 0.6) is 0 Å². The molecule has 98 valence electrons. The number of aryl methyl sites for hydroxylation is 1. The lowest BCUT2D eigenvalue weighted by atomic mass is 9.94. The maximum atomic E-state index is 12.4. The monoisotopic (exact) mass is 248 g/mol. The Hall–Kier alpha value is -1.42. The molecule has 0 saturated carbocycles. The summed E-state index contributed by atoms with van der Waals surface area (Å²) in [6.07, 6.45) is 4.62. The molecule has 1 aliphatic rings. The summed E-state index contributed by atoms with van der Waals surface area (Å²) in [5, 5.41) is 8.99. The van der Waals surface area contributed by atoms with Gasteiger partial charge in [0.1, 0.15) is 0 Å². The van der Waals surface area contributed by atoms with E-state index in [1.165, 1.54) is 0 Å². The summed E-state index contributed by atoms with van der Waals surface area (Å²) in [6, 6.07) is 3.63. The molecule has 1 saturated heterocycles. The minimum Gasteiger partial charge on any atom is -0.396 e. The average Bonchev–Trinajstić information content (AvgIpc) is 2.39. The molecule has 1 aromatic rings. The summed E-state index contributed by atoms with van der Waals surface area (Å²) in [6.45, 7) is 3.64. The van der Waals surface area contributed by atoms with Gasteiger partial charge in [-0.1, -0.05) is 0 Å². The van der Waals surface area contributed by atoms with Crippen molar-refractivity contribution in [2.75, 3.05) is 19.7 Å². The molecule has 1 amide bonds. The number of aromatic nitrogens is 1. The van der Waals surface area contributed by atoms with Crippen molar-refractivity contribution in [2.24, 2.45) is 5.92 Å². The van der Waals surface area contributed by atoms with Gasteiger partial charge in [0.05, 0.1) is 5.56 Å². The SMILES string of the molecule is Cc1ncccc1C(=O)N1CCCC(CCO)C1. The first kappa shape index (κ1) is 13.0. The van der Waals surface area contributed by atoms with Gasteiger partial charge >= 0.3 is 0 Å². The zero-order valence-electron chi connectivity index (χ0n) is 10.8. The van der Waals surface area contributed by atoms with E-state index in [1.54, 1.807) is 12.3 Å². The van der Waals surface area contributed by atoms with Crippen LogP contribution >= 0.6 is 0 Å². The quantitative estimate of drug-likeness (QED) is 0.884. The van der Waals surface area contributed by atoms with E-state index in [0.29, 0.717) is 11.5 Å². The summed E-state index contributed by atoms with van der Waals surface area (Å²) in [7, 11) is 0. The van der Waals surface area contributed by atoms with E-state index in [9.17, 15) is 4.79 Å². The normalized spacial score (nSPS) is 19.9. The van der Waals surface area contributed by atoms with Crippen LogP contribution in [0.25, 0.3) is 0 Å². The van der Waals surface area contributed by atoms with Crippen molar-refractivity contribution in [2.45, 2.75) is 26.2 Å². The second-order valence-electron chi connectivity index (χ2n) is 4.91. The molecule has 18 heavy (non-hydrogen) atoms. The molecular formula is C14H20N2O2. The Bertz CT molecular complexity index is 418. The Morgan fingerprint density at radius 2 is 2.44 bits per heavy atom. The Labute approximate surface area is 108 Å². The lowest BCUT2D eigenvalue weighted by Gasteiger charge is -2.32. The third-order valence-electron chi connectivity index (χ3n) is 3.58. The highest BCUT2D eigenvalue weighted by Gasteiger charge is 2.24. The summed E-state index contributed by atoms with van der Waals surface area (Å²) >= 11 is 0. The highest BCUT2D eigenvalue weighted by Crippen LogP contribution is 2.21. The third-order valence-corrected chi connectivity index (χ3v) is 3.58. The van der Waals surface area contributed by atoms with E-state index in [-0.39, 0.29) is 12.5 Å².